The molecule has 0 amide bonds. The number of hydrogen-bond acceptors (Lipinski definition) is 4. The molecule has 1 aromatic heterocycles. The van der Waals surface area contributed by atoms with Crippen molar-refractivity contribution in [3.63, 3.8) is 0 Å². The highest BCUT2D eigenvalue weighted by atomic mass is 32.2. The second kappa shape index (κ2) is 10.4. The Hall–Kier alpha value is -4.43. The molecule has 0 saturated heterocycles. The molecule has 8 heteroatoms. The number of sulfone groups is 1. The van der Waals surface area contributed by atoms with Crippen LogP contribution in [-0.2, 0) is 16.4 Å². The highest BCUT2D eigenvalue weighted by Gasteiger charge is 2.33. The van der Waals surface area contributed by atoms with Crippen LogP contribution in [0.5, 0.6) is 5.75 Å². The van der Waals surface area contributed by atoms with Gasteiger partial charge in [-0.25, -0.2) is 17.6 Å². The molecule has 0 aliphatic carbocycles. The van der Waals surface area contributed by atoms with Crippen LogP contribution in [0.3, 0.4) is 0 Å². The Morgan fingerprint density at radius 2 is 1.56 bits per heavy atom. The summed E-state index contributed by atoms with van der Waals surface area (Å²) in [5.41, 5.74) is 2.61. The zero-order valence-electron chi connectivity index (χ0n) is 21.3. The van der Waals surface area contributed by atoms with Crippen LogP contribution in [0.4, 0.5) is 4.39 Å². The van der Waals surface area contributed by atoms with Gasteiger partial charge in [-0.2, -0.15) is 0 Å². The Labute approximate surface area is 225 Å². The van der Waals surface area contributed by atoms with Gasteiger partial charge in [0.1, 0.15) is 23.1 Å². The number of hydrogen-bond donors (Lipinski definition) is 1. The first kappa shape index (κ1) is 26.2. The van der Waals surface area contributed by atoms with Crippen molar-refractivity contribution in [3.8, 4) is 11.4 Å². The van der Waals surface area contributed by atoms with Gasteiger partial charge in [0.2, 0.25) is 9.84 Å². The Kier molecular flexibility index (Phi) is 6.97. The van der Waals surface area contributed by atoms with Gasteiger partial charge >= 0.3 is 5.97 Å². The molecule has 0 aliphatic heterocycles. The van der Waals surface area contributed by atoms with Crippen molar-refractivity contribution in [2.24, 2.45) is 0 Å². The maximum Gasteiger partial charge on any atom is 0.335 e. The van der Waals surface area contributed by atoms with Gasteiger partial charge in [0.05, 0.1) is 21.4 Å². The molecule has 4 aromatic carbocycles. The van der Waals surface area contributed by atoms with Gasteiger partial charge in [-0.1, -0.05) is 50.2 Å². The van der Waals surface area contributed by atoms with Crippen LogP contribution in [-0.4, -0.2) is 24.1 Å². The zero-order valence-corrected chi connectivity index (χ0v) is 22.2. The van der Waals surface area contributed by atoms with E-state index < -0.39 is 21.6 Å². The minimum absolute atomic E-state index is 0.0151. The highest BCUT2D eigenvalue weighted by molar-refractivity contribution is 7.91. The number of aromatic nitrogens is 1. The molecule has 0 radical (unpaired) electrons. The van der Waals surface area contributed by atoms with E-state index in [4.69, 9.17) is 4.74 Å². The first-order valence-corrected chi connectivity index (χ1v) is 13.8. The number of halogens is 1. The Morgan fingerprint density at radius 1 is 0.897 bits per heavy atom. The number of carbonyl (C=O) groups is 1. The summed E-state index contributed by atoms with van der Waals surface area (Å²) in [6.45, 7) is 4.02. The molecule has 1 N–H and O–H groups in total. The van der Waals surface area contributed by atoms with Crippen molar-refractivity contribution in [2.45, 2.75) is 36.2 Å². The third kappa shape index (κ3) is 4.91. The normalized spacial score (nSPS) is 11.7. The van der Waals surface area contributed by atoms with Gasteiger partial charge < -0.3 is 14.4 Å². The van der Waals surface area contributed by atoms with Gasteiger partial charge in [-0.05, 0) is 72.1 Å². The summed E-state index contributed by atoms with van der Waals surface area (Å²) in [7, 11) is -4.15. The predicted molar refractivity (Wildman–Crippen MR) is 147 cm³/mol. The fraction of sp³-hybridized carbons (Fsp3) is 0.129. The lowest BCUT2D eigenvalue weighted by Gasteiger charge is -2.16. The number of benzene rings is 4. The van der Waals surface area contributed by atoms with E-state index in [-0.39, 0.29) is 27.9 Å². The summed E-state index contributed by atoms with van der Waals surface area (Å²) in [4.78, 5) is 11.4. The lowest BCUT2D eigenvalue weighted by molar-refractivity contribution is 0.0696. The number of rotatable bonds is 8. The van der Waals surface area contributed by atoms with Gasteiger partial charge in [-0.3, -0.25) is 0 Å². The monoisotopic (exact) mass is 543 g/mol. The van der Waals surface area contributed by atoms with Crippen molar-refractivity contribution in [3.05, 3.63) is 120 Å². The second-order valence-electron chi connectivity index (χ2n) is 9.44. The SMILES string of the molecule is CC(C)c1c(S(=O)(=O)c2ccc(C(=O)O)cc2)c2c(OCc3ccccc3)cccc2n1-c1ccc(F)cc1. The molecule has 6 nitrogen and oxygen atoms in total. The smallest absolute Gasteiger partial charge is 0.335 e. The van der Waals surface area contributed by atoms with E-state index in [0.717, 1.165) is 5.56 Å². The van der Waals surface area contributed by atoms with E-state index >= 15 is 0 Å². The quantitative estimate of drug-likeness (QED) is 0.228. The largest absolute Gasteiger partial charge is 0.488 e. The summed E-state index contributed by atoms with van der Waals surface area (Å²) < 4.78 is 50.5. The maximum atomic E-state index is 14.3. The predicted octanol–water partition coefficient (Wildman–Crippen LogP) is 7.00. The van der Waals surface area contributed by atoms with Crippen LogP contribution in [0.2, 0.25) is 0 Å². The fourth-order valence-electron chi connectivity index (χ4n) is 4.70. The van der Waals surface area contributed by atoms with Crippen LogP contribution in [0.25, 0.3) is 16.6 Å². The number of carboxylic acid groups (broad SMARTS) is 1. The number of aromatic carboxylic acids is 1. The van der Waals surface area contributed by atoms with Crippen molar-refractivity contribution in [1.82, 2.24) is 4.57 Å². The zero-order chi connectivity index (χ0) is 27.7. The molecule has 5 aromatic rings. The van der Waals surface area contributed by atoms with Gasteiger partial charge in [0.25, 0.3) is 0 Å². The minimum atomic E-state index is -4.15. The van der Waals surface area contributed by atoms with E-state index in [9.17, 15) is 22.7 Å². The minimum Gasteiger partial charge on any atom is -0.488 e. The van der Waals surface area contributed by atoms with E-state index in [1.165, 1.54) is 36.4 Å². The van der Waals surface area contributed by atoms with Gasteiger partial charge in [0.15, 0.2) is 0 Å². The first-order chi connectivity index (χ1) is 18.7. The molecule has 39 heavy (non-hydrogen) atoms. The van der Waals surface area contributed by atoms with Crippen LogP contribution < -0.4 is 4.74 Å². The second-order valence-corrected chi connectivity index (χ2v) is 11.3. The standard InChI is InChI=1S/C31H26FNO5S/c1-20(2)29-30(39(36,37)25-17-11-22(12-18-25)31(34)35)28-26(33(29)24-15-13-23(32)14-16-24)9-6-10-27(28)38-19-21-7-4-3-5-8-21/h3-18,20H,19H2,1-2H3,(H,34,35). The average molecular weight is 544 g/mol. The molecule has 5 rings (SSSR count). The number of nitrogens with zero attached hydrogens (tertiary/aromatic N) is 1. The van der Waals surface area contributed by atoms with Crippen molar-refractivity contribution < 1.29 is 27.4 Å². The number of ether oxygens (including phenoxy) is 1. The highest BCUT2D eigenvalue weighted by Crippen LogP contribution is 2.43. The third-order valence-electron chi connectivity index (χ3n) is 6.49. The van der Waals surface area contributed by atoms with Crippen molar-refractivity contribution >= 4 is 26.7 Å². The summed E-state index contributed by atoms with van der Waals surface area (Å²) in [5.74, 6) is -1.42. The molecule has 0 spiro atoms. The van der Waals surface area contributed by atoms with Crippen LogP contribution in [0, 0.1) is 5.82 Å². The van der Waals surface area contributed by atoms with E-state index in [0.29, 0.717) is 28.0 Å². The van der Waals surface area contributed by atoms with Crippen molar-refractivity contribution in [2.75, 3.05) is 0 Å². The van der Waals surface area contributed by atoms with E-state index in [1.54, 1.807) is 24.3 Å². The molecular formula is C31H26FNO5S. The Balaban J connectivity index is 1.80. The summed E-state index contributed by atoms with van der Waals surface area (Å²) >= 11 is 0. The molecule has 1 heterocycles. The maximum absolute atomic E-state index is 14.3. The molecular weight excluding hydrogens is 517 g/mol. The molecule has 0 aliphatic rings. The van der Waals surface area contributed by atoms with E-state index in [1.807, 2.05) is 54.8 Å². The summed E-state index contributed by atoms with van der Waals surface area (Å²) in [6, 6.07) is 25.9. The first-order valence-electron chi connectivity index (χ1n) is 12.4. The van der Waals surface area contributed by atoms with Gasteiger partial charge in [-0.15, -0.1) is 0 Å². The van der Waals surface area contributed by atoms with Crippen molar-refractivity contribution in [1.29, 1.82) is 0 Å². The fourth-order valence-corrected chi connectivity index (χ4v) is 6.51. The number of carboxylic acids is 1. The summed E-state index contributed by atoms with van der Waals surface area (Å²) in [6.07, 6.45) is 0. The molecule has 0 unspecified atom stereocenters. The topological polar surface area (TPSA) is 85.6 Å². The molecule has 0 atom stereocenters. The molecule has 0 saturated carbocycles. The lowest BCUT2D eigenvalue weighted by Crippen LogP contribution is -2.10. The Bertz CT molecular complexity index is 1760. The molecule has 198 valence electrons. The molecule has 0 fully saturated rings. The van der Waals surface area contributed by atoms with Crippen LogP contribution >= 0.6 is 0 Å². The lowest BCUT2D eigenvalue weighted by atomic mass is 10.1. The van der Waals surface area contributed by atoms with E-state index in [2.05, 4.69) is 0 Å². The third-order valence-corrected chi connectivity index (χ3v) is 8.34. The average Bonchev–Trinajstić information content (AvgIpc) is 3.30. The van der Waals surface area contributed by atoms with Crippen LogP contribution in [0.1, 0.15) is 41.4 Å². The number of fused-ring (bicyclic) bond motifs is 1. The Morgan fingerprint density at radius 3 is 2.18 bits per heavy atom. The summed E-state index contributed by atoms with van der Waals surface area (Å²) in [5, 5.41) is 9.70. The van der Waals surface area contributed by atoms with Crippen LogP contribution in [0.15, 0.2) is 107 Å². The molecule has 0 bridgehead atoms. The van der Waals surface area contributed by atoms with Gasteiger partial charge in [0, 0.05) is 11.4 Å².